The van der Waals surface area contributed by atoms with Crippen LogP contribution in [0.3, 0.4) is 0 Å². The number of hydrogen-bond donors (Lipinski definition) is 1. The van der Waals surface area contributed by atoms with Crippen molar-refractivity contribution < 1.29 is 0 Å². The molecule has 0 radical (unpaired) electrons. The number of nitrogen functional groups attached to an aromatic ring is 1. The first-order chi connectivity index (χ1) is 6.70. The summed E-state index contributed by atoms with van der Waals surface area (Å²) >= 11 is 5.97. The molecule has 72 valence electrons. The van der Waals surface area contributed by atoms with Gasteiger partial charge in [0.1, 0.15) is 22.9 Å². The van der Waals surface area contributed by atoms with Crippen molar-refractivity contribution in [1.82, 2.24) is 19.7 Å². The number of anilines is 1. The summed E-state index contributed by atoms with van der Waals surface area (Å²) in [4.78, 5) is 7.84. The molecule has 5 nitrogen and oxygen atoms in total. The highest BCUT2D eigenvalue weighted by atomic mass is 35.5. The predicted octanol–water partition coefficient (Wildman–Crippen LogP) is 1.11. The van der Waals surface area contributed by atoms with Crippen molar-refractivity contribution in [3.63, 3.8) is 0 Å². The topological polar surface area (TPSA) is 69.6 Å². The van der Waals surface area contributed by atoms with Gasteiger partial charge < -0.3 is 5.73 Å². The van der Waals surface area contributed by atoms with Gasteiger partial charge in [-0.25, -0.2) is 9.97 Å². The highest BCUT2D eigenvalue weighted by Crippen LogP contribution is 2.27. The molecule has 0 aromatic carbocycles. The van der Waals surface area contributed by atoms with E-state index >= 15 is 0 Å². The lowest BCUT2D eigenvalue weighted by Gasteiger charge is -2.04. The van der Waals surface area contributed by atoms with Crippen molar-refractivity contribution in [1.29, 1.82) is 0 Å². The lowest BCUT2D eigenvalue weighted by molar-refractivity contribution is 0.773. The summed E-state index contributed by atoms with van der Waals surface area (Å²) in [6.07, 6.45) is 3.05. The van der Waals surface area contributed by atoms with Crippen molar-refractivity contribution in [2.24, 2.45) is 7.05 Å². The van der Waals surface area contributed by atoms with Crippen LogP contribution in [-0.4, -0.2) is 19.7 Å². The van der Waals surface area contributed by atoms with Gasteiger partial charge in [-0.3, -0.25) is 4.68 Å². The number of rotatable bonds is 1. The maximum atomic E-state index is 5.97. The highest BCUT2D eigenvalue weighted by Gasteiger charge is 2.11. The molecule has 2 rings (SSSR count). The summed E-state index contributed by atoms with van der Waals surface area (Å²) in [7, 11) is 1.81. The number of halogens is 1. The van der Waals surface area contributed by atoms with Gasteiger partial charge in [-0.15, -0.1) is 0 Å². The average molecular weight is 210 g/mol. The van der Waals surface area contributed by atoms with E-state index in [-0.39, 0.29) is 5.82 Å². The third kappa shape index (κ3) is 1.31. The van der Waals surface area contributed by atoms with Gasteiger partial charge in [-0.05, 0) is 6.07 Å². The van der Waals surface area contributed by atoms with Crippen LogP contribution in [0, 0.1) is 0 Å². The molecule has 14 heavy (non-hydrogen) atoms. The van der Waals surface area contributed by atoms with Crippen molar-refractivity contribution in [2.45, 2.75) is 0 Å². The van der Waals surface area contributed by atoms with Gasteiger partial charge in [0.15, 0.2) is 0 Å². The minimum absolute atomic E-state index is 0.276. The number of aryl methyl sites for hydroxylation is 1. The monoisotopic (exact) mass is 209 g/mol. The minimum atomic E-state index is 0.276. The molecule has 0 atom stereocenters. The van der Waals surface area contributed by atoms with Crippen LogP contribution in [0.4, 0.5) is 5.82 Å². The van der Waals surface area contributed by atoms with Crippen LogP contribution in [0.15, 0.2) is 18.6 Å². The lowest BCUT2D eigenvalue weighted by atomic mass is 10.3. The Hall–Kier alpha value is -1.62. The molecule has 0 bridgehead atoms. The molecule has 6 heteroatoms. The van der Waals surface area contributed by atoms with Crippen molar-refractivity contribution >= 4 is 17.4 Å². The first kappa shape index (κ1) is 8.96. The summed E-state index contributed by atoms with van der Waals surface area (Å²) in [5, 5.41) is 4.38. The van der Waals surface area contributed by atoms with Crippen LogP contribution >= 0.6 is 11.6 Å². The third-order valence-electron chi connectivity index (χ3n) is 1.88. The van der Waals surface area contributed by atoms with Crippen LogP contribution in [-0.2, 0) is 7.05 Å². The van der Waals surface area contributed by atoms with Gasteiger partial charge >= 0.3 is 0 Å². The van der Waals surface area contributed by atoms with E-state index in [0.29, 0.717) is 10.7 Å². The highest BCUT2D eigenvalue weighted by molar-refractivity contribution is 6.35. The van der Waals surface area contributed by atoms with E-state index in [9.17, 15) is 0 Å². The fourth-order valence-corrected chi connectivity index (χ4v) is 1.36. The second-order valence-corrected chi connectivity index (χ2v) is 3.14. The van der Waals surface area contributed by atoms with Gasteiger partial charge in [-0.1, -0.05) is 11.6 Å². The van der Waals surface area contributed by atoms with Crippen molar-refractivity contribution in [3.8, 4) is 11.4 Å². The zero-order chi connectivity index (χ0) is 10.1. The van der Waals surface area contributed by atoms with E-state index in [1.54, 1.807) is 10.9 Å². The molecule has 2 aromatic rings. The Balaban J connectivity index is 2.63. The van der Waals surface area contributed by atoms with E-state index in [1.807, 2.05) is 13.1 Å². The van der Waals surface area contributed by atoms with E-state index in [0.717, 1.165) is 5.69 Å². The zero-order valence-corrected chi connectivity index (χ0v) is 8.23. The molecule has 2 N–H and O–H groups in total. The zero-order valence-electron chi connectivity index (χ0n) is 7.48. The third-order valence-corrected chi connectivity index (χ3v) is 2.25. The van der Waals surface area contributed by atoms with E-state index < -0.39 is 0 Å². The molecule has 0 amide bonds. The minimum Gasteiger partial charge on any atom is -0.382 e. The number of hydrogen-bond acceptors (Lipinski definition) is 4. The number of nitrogens with two attached hydrogens (primary N) is 1. The Morgan fingerprint density at radius 1 is 1.43 bits per heavy atom. The van der Waals surface area contributed by atoms with E-state index in [2.05, 4.69) is 15.1 Å². The molecule has 0 aliphatic heterocycles. The summed E-state index contributed by atoms with van der Waals surface area (Å²) < 4.78 is 1.67. The summed E-state index contributed by atoms with van der Waals surface area (Å²) in [5.41, 5.74) is 6.97. The summed E-state index contributed by atoms with van der Waals surface area (Å²) in [5.74, 6) is 0.276. The molecular weight excluding hydrogens is 202 g/mol. The Bertz CT molecular complexity index is 465. The van der Waals surface area contributed by atoms with Gasteiger partial charge in [0.2, 0.25) is 0 Å². The normalized spacial score (nSPS) is 10.4. The summed E-state index contributed by atoms with van der Waals surface area (Å²) in [6.45, 7) is 0. The van der Waals surface area contributed by atoms with Crippen LogP contribution in [0.5, 0.6) is 0 Å². The molecule has 0 aliphatic rings. The molecular formula is C8H8ClN5. The van der Waals surface area contributed by atoms with Crippen LogP contribution in [0.2, 0.25) is 5.02 Å². The van der Waals surface area contributed by atoms with Gasteiger partial charge in [0.05, 0.1) is 5.69 Å². The van der Waals surface area contributed by atoms with Crippen LogP contribution < -0.4 is 5.73 Å². The average Bonchev–Trinajstić information content (AvgIpc) is 2.57. The number of aromatic nitrogens is 4. The number of nitrogens with zero attached hydrogens (tertiary/aromatic N) is 4. The maximum absolute atomic E-state index is 5.97. The molecule has 0 saturated heterocycles. The van der Waals surface area contributed by atoms with Gasteiger partial charge in [0.25, 0.3) is 0 Å². The fraction of sp³-hybridized carbons (Fsp3) is 0.125. The van der Waals surface area contributed by atoms with E-state index in [1.165, 1.54) is 6.33 Å². The summed E-state index contributed by atoms with van der Waals surface area (Å²) in [6, 6.07) is 1.81. The van der Waals surface area contributed by atoms with Gasteiger partial charge in [0, 0.05) is 13.2 Å². The smallest absolute Gasteiger partial charge is 0.146 e. The van der Waals surface area contributed by atoms with Crippen LogP contribution in [0.1, 0.15) is 0 Å². The standard InChI is InChI=1S/C8H8ClN5/c1-14-5(2-3-13-14)7-6(9)8(10)12-4-11-7/h2-4H,1H3,(H2,10,11,12). The fourth-order valence-electron chi connectivity index (χ4n) is 1.17. The second kappa shape index (κ2) is 3.26. The second-order valence-electron chi connectivity index (χ2n) is 2.76. The van der Waals surface area contributed by atoms with Crippen LogP contribution in [0.25, 0.3) is 11.4 Å². The van der Waals surface area contributed by atoms with E-state index in [4.69, 9.17) is 17.3 Å². The molecule has 0 saturated carbocycles. The molecule has 2 aromatic heterocycles. The largest absolute Gasteiger partial charge is 0.382 e. The Morgan fingerprint density at radius 2 is 2.21 bits per heavy atom. The lowest BCUT2D eigenvalue weighted by Crippen LogP contribution is -1.99. The Labute approximate surface area is 85.5 Å². The Morgan fingerprint density at radius 3 is 2.86 bits per heavy atom. The maximum Gasteiger partial charge on any atom is 0.146 e. The van der Waals surface area contributed by atoms with Gasteiger partial charge in [-0.2, -0.15) is 5.10 Å². The molecule has 2 heterocycles. The Kier molecular flexibility index (Phi) is 2.09. The molecule has 0 aliphatic carbocycles. The SMILES string of the molecule is Cn1nccc1-c1ncnc(N)c1Cl. The predicted molar refractivity (Wildman–Crippen MR) is 53.7 cm³/mol. The molecule has 0 fully saturated rings. The first-order valence-electron chi connectivity index (χ1n) is 3.94. The molecule has 0 unspecified atom stereocenters. The molecule has 0 spiro atoms. The van der Waals surface area contributed by atoms with Crippen molar-refractivity contribution in [3.05, 3.63) is 23.6 Å². The van der Waals surface area contributed by atoms with Crippen molar-refractivity contribution in [2.75, 3.05) is 5.73 Å². The first-order valence-corrected chi connectivity index (χ1v) is 4.32. The quantitative estimate of drug-likeness (QED) is 0.764.